The SMILES string of the molecule is S=c1scc(-c2ccc3ccccc3c2)n1-c1ccc(Cl)c(Cl)c1. The molecule has 1 aromatic heterocycles. The molecular weight excluding hydrogens is 377 g/mol. The normalized spacial score (nSPS) is 11.1. The minimum atomic E-state index is 0.520. The minimum Gasteiger partial charge on any atom is -0.291 e. The molecule has 0 aliphatic heterocycles. The van der Waals surface area contributed by atoms with Crippen molar-refractivity contribution in [3.63, 3.8) is 0 Å². The molecule has 0 N–H and O–H groups in total. The maximum Gasteiger partial charge on any atom is 0.166 e. The smallest absolute Gasteiger partial charge is 0.166 e. The van der Waals surface area contributed by atoms with E-state index in [4.69, 9.17) is 35.4 Å². The average Bonchev–Trinajstić information content (AvgIpc) is 2.98. The summed E-state index contributed by atoms with van der Waals surface area (Å²) in [5.74, 6) is 0. The van der Waals surface area contributed by atoms with Gasteiger partial charge in [0.15, 0.2) is 3.95 Å². The van der Waals surface area contributed by atoms with Crippen molar-refractivity contribution in [1.82, 2.24) is 4.57 Å². The fourth-order valence-corrected chi connectivity index (χ4v) is 4.13. The number of nitrogens with zero attached hydrogens (tertiary/aromatic N) is 1. The highest BCUT2D eigenvalue weighted by molar-refractivity contribution is 7.73. The Labute approximate surface area is 158 Å². The van der Waals surface area contributed by atoms with Gasteiger partial charge in [-0.1, -0.05) is 59.6 Å². The van der Waals surface area contributed by atoms with Gasteiger partial charge in [0.05, 0.1) is 15.7 Å². The first kappa shape index (κ1) is 15.9. The summed E-state index contributed by atoms with van der Waals surface area (Å²) in [5, 5.41) is 5.56. The van der Waals surface area contributed by atoms with Crippen molar-refractivity contribution in [2.24, 2.45) is 0 Å². The summed E-state index contributed by atoms with van der Waals surface area (Å²) in [7, 11) is 0. The zero-order valence-corrected chi connectivity index (χ0v) is 15.5. The number of thiazole rings is 1. The highest BCUT2D eigenvalue weighted by Crippen LogP contribution is 2.32. The van der Waals surface area contributed by atoms with Crippen LogP contribution in [-0.2, 0) is 0 Å². The number of hydrogen-bond donors (Lipinski definition) is 0. The molecular formula is C19H11Cl2NS2. The standard InChI is InChI=1S/C19H11Cl2NS2/c20-16-8-7-15(10-17(16)21)22-18(11-24-19(22)23)14-6-5-12-3-1-2-4-13(12)9-14/h1-11H. The molecule has 118 valence electrons. The van der Waals surface area contributed by atoms with E-state index < -0.39 is 0 Å². The van der Waals surface area contributed by atoms with Crippen molar-refractivity contribution in [1.29, 1.82) is 0 Å². The van der Waals surface area contributed by atoms with Gasteiger partial charge >= 0.3 is 0 Å². The topological polar surface area (TPSA) is 4.93 Å². The van der Waals surface area contributed by atoms with Gasteiger partial charge in [-0.3, -0.25) is 4.57 Å². The first-order valence-electron chi connectivity index (χ1n) is 7.28. The lowest BCUT2D eigenvalue weighted by Crippen LogP contribution is -1.96. The van der Waals surface area contributed by atoms with Gasteiger partial charge in [0.2, 0.25) is 0 Å². The second kappa shape index (κ2) is 6.34. The first-order valence-corrected chi connectivity index (χ1v) is 9.33. The third-order valence-electron chi connectivity index (χ3n) is 3.90. The summed E-state index contributed by atoms with van der Waals surface area (Å²) < 4.78 is 2.81. The Morgan fingerprint density at radius 2 is 1.62 bits per heavy atom. The third-order valence-corrected chi connectivity index (χ3v) is 5.84. The van der Waals surface area contributed by atoms with Crippen LogP contribution in [0.3, 0.4) is 0 Å². The van der Waals surface area contributed by atoms with Crippen LogP contribution in [0.5, 0.6) is 0 Å². The molecule has 0 spiro atoms. The number of fused-ring (bicyclic) bond motifs is 1. The number of hydrogen-bond acceptors (Lipinski definition) is 2. The molecule has 0 fully saturated rings. The lowest BCUT2D eigenvalue weighted by molar-refractivity contribution is 1.08. The lowest BCUT2D eigenvalue weighted by atomic mass is 10.1. The molecule has 0 unspecified atom stereocenters. The van der Waals surface area contributed by atoms with E-state index in [9.17, 15) is 0 Å². The Morgan fingerprint density at radius 3 is 2.42 bits per heavy atom. The largest absolute Gasteiger partial charge is 0.291 e. The molecule has 1 heterocycles. The number of benzene rings is 3. The average molecular weight is 388 g/mol. The highest BCUT2D eigenvalue weighted by atomic mass is 35.5. The molecule has 0 radical (unpaired) electrons. The van der Waals surface area contributed by atoms with Crippen molar-refractivity contribution in [2.45, 2.75) is 0 Å². The third kappa shape index (κ3) is 2.78. The van der Waals surface area contributed by atoms with Crippen LogP contribution >= 0.6 is 46.8 Å². The molecule has 3 aromatic carbocycles. The summed E-state index contributed by atoms with van der Waals surface area (Å²) in [6.45, 7) is 0. The summed E-state index contributed by atoms with van der Waals surface area (Å²) in [6.07, 6.45) is 0. The van der Waals surface area contributed by atoms with E-state index in [-0.39, 0.29) is 0 Å². The molecule has 5 heteroatoms. The minimum absolute atomic E-state index is 0.520. The van der Waals surface area contributed by atoms with Crippen molar-refractivity contribution < 1.29 is 0 Å². The lowest BCUT2D eigenvalue weighted by Gasteiger charge is -2.11. The van der Waals surface area contributed by atoms with Gasteiger partial charge in [0.25, 0.3) is 0 Å². The molecule has 0 saturated carbocycles. The van der Waals surface area contributed by atoms with Gasteiger partial charge in [-0.15, -0.1) is 11.3 Å². The molecule has 24 heavy (non-hydrogen) atoms. The Hall–Kier alpha value is -1.65. The van der Waals surface area contributed by atoms with Crippen molar-refractivity contribution in [3.8, 4) is 16.9 Å². The summed E-state index contributed by atoms with van der Waals surface area (Å²) in [6, 6.07) is 20.3. The molecule has 0 amide bonds. The number of rotatable bonds is 2. The maximum absolute atomic E-state index is 6.18. The second-order valence-corrected chi connectivity index (χ2v) is 7.70. The summed E-state index contributed by atoms with van der Waals surface area (Å²) >= 11 is 19.3. The van der Waals surface area contributed by atoms with Crippen LogP contribution in [0.1, 0.15) is 0 Å². The van der Waals surface area contributed by atoms with Crippen LogP contribution in [0.25, 0.3) is 27.7 Å². The van der Waals surface area contributed by atoms with Crippen LogP contribution in [0.4, 0.5) is 0 Å². The second-order valence-electron chi connectivity index (χ2n) is 5.38. The summed E-state index contributed by atoms with van der Waals surface area (Å²) in [4.78, 5) is 0. The molecule has 4 rings (SSSR count). The van der Waals surface area contributed by atoms with Gasteiger partial charge in [-0.25, -0.2) is 0 Å². The zero-order chi connectivity index (χ0) is 16.7. The van der Waals surface area contributed by atoms with Gasteiger partial charge in [0, 0.05) is 16.6 Å². The predicted octanol–water partition coefficient (Wildman–Crippen LogP) is 7.40. The Balaban J connectivity index is 1.92. The van der Waals surface area contributed by atoms with E-state index in [0.29, 0.717) is 10.0 Å². The quantitative estimate of drug-likeness (QED) is 0.324. The van der Waals surface area contributed by atoms with E-state index >= 15 is 0 Å². The molecule has 4 aromatic rings. The van der Waals surface area contributed by atoms with Crippen molar-refractivity contribution >= 4 is 57.5 Å². The van der Waals surface area contributed by atoms with Crippen molar-refractivity contribution in [3.05, 3.63) is 80.0 Å². The van der Waals surface area contributed by atoms with Crippen LogP contribution in [-0.4, -0.2) is 4.57 Å². The van der Waals surface area contributed by atoms with Gasteiger partial charge in [-0.2, -0.15) is 0 Å². The first-order chi connectivity index (χ1) is 11.6. The fraction of sp³-hybridized carbons (Fsp3) is 0. The Kier molecular flexibility index (Phi) is 4.19. The molecule has 0 aliphatic carbocycles. The van der Waals surface area contributed by atoms with Crippen LogP contribution in [0.15, 0.2) is 66.0 Å². The van der Waals surface area contributed by atoms with E-state index in [2.05, 4.69) is 35.7 Å². The molecule has 0 atom stereocenters. The highest BCUT2D eigenvalue weighted by Gasteiger charge is 2.11. The van der Waals surface area contributed by atoms with Gasteiger partial charge in [0.1, 0.15) is 0 Å². The number of halogens is 2. The molecule has 1 nitrogen and oxygen atoms in total. The maximum atomic E-state index is 6.18. The number of aromatic nitrogens is 1. The van der Waals surface area contributed by atoms with Crippen LogP contribution < -0.4 is 0 Å². The fourth-order valence-electron chi connectivity index (χ4n) is 2.72. The molecule has 0 aliphatic rings. The Bertz CT molecular complexity index is 1110. The monoisotopic (exact) mass is 387 g/mol. The zero-order valence-electron chi connectivity index (χ0n) is 12.4. The van der Waals surface area contributed by atoms with Gasteiger partial charge in [-0.05, 0) is 47.3 Å². The molecule has 0 bridgehead atoms. The van der Waals surface area contributed by atoms with Crippen molar-refractivity contribution in [2.75, 3.05) is 0 Å². The molecule has 0 saturated heterocycles. The van der Waals surface area contributed by atoms with E-state index in [1.165, 1.54) is 22.1 Å². The van der Waals surface area contributed by atoms with E-state index in [1.54, 1.807) is 6.07 Å². The Morgan fingerprint density at radius 1 is 0.833 bits per heavy atom. The van der Waals surface area contributed by atoms with E-state index in [1.807, 2.05) is 28.8 Å². The predicted molar refractivity (Wildman–Crippen MR) is 107 cm³/mol. The van der Waals surface area contributed by atoms with Gasteiger partial charge < -0.3 is 0 Å². The van der Waals surface area contributed by atoms with Crippen LogP contribution in [0.2, 0.25) is 10.0 Å². The summed E-state index contributed by atoms with van der Waals surface area (Å²) in [5.41, 5.74) is 3.08. The van der Waals surface area contributed by atoms with Crippen LogP contribution in [0, 0.1) is 3.95 Å². The van der Waals surface area contributed by atoms with E-state index in [0.717, 1.165) is 20.9 Å².